The Kier molecular flexibility index (Phi) is 4.54. The fraction of sp³-hybridized carbons (Fsp3) is 0.500. The second kappa shape index (κ2) is 6.17. The Morgan fingerprint density at radius 1 is 1.35 bits per heavy atom. The number of carbonyl (C=O) groups excluding carboxylic acids is 1. The fourth-order valence-electron chi connectivity index (χ4n) is 2.37. The van der Waals surface area contributed by atoms with Crippen molar-refractivity contribution < 1.29 is 18.3 Å². The maximum atomic E-state index is 13.5. The van der Waals surface area contributed by atoms with Crippen LogP contribution in [0.1, 0.15) is 19.4 Å². The van der Waals surface area contributed by atoms with Crippen LogP contribution in [0.25, 0.3) is 0 Å². The van der Waals surface area contributed by atoms with Gasteiger partial charge in [-0.1, -0.05) is 12.1 Å². The summed E-state index contributed by atoms with van der Waals surface area (Å²) in [5.74, 6) is -1.91. The van der Waals surface area contributed by atoms with Crippen LogP contribution >= 0.6 is 0 Å². The maximum Gasteiger partial charge on any atom is 0.410 e. The molecule has 1 aromatic carbocycles. The second-order valence-electron chi connectivity index (χ2n) is 5.03. The smallest absolute Gasteiger partial charge is 0.410 e. The second-order valence-corrected chi connectivity index (χ2v) is 5.03. The first-order valence-electron chi connectivity index (χ1n) is 6.59. The molecule has 1 saturated heterocycles. The van der Waals surface area contributed by atoms with Gasteiger partial charge in [0.2, 0.25) is 0 Å². The van der Waals surface area contributed by atoms with Crippen LogP contribution in [0.4, 0.5) is 13.6 Å². The SMILES string of the molecule is CC1CNCC(C)N1C(=O)OCc1cccc(F)c1F. The van der Waals surface area contributed by atoms with E-state index in [1.165, 1.54) is 12.1 Å². The van der Waals surface area contributed by atoms with Gasteiger partial charge in [-0.3, -0.25) is 0 Å². The van der Waals surface area contributed by atoms with Gasteiger partial charge < -0.3 is 15.0 Å². The van der Waals surface area contributed by atoms with Crippen LogP contribution in [0.2, 0.25) is 0 Å². The van der Waals surface area contributed by atoms with Crippen LogP contribution in [0.3, 0.4) is 0 Å². The van der Waals surface area contributed by atoms with Gasteiger partial charge in [-0.2, -0.15) is 0 Å². The third-order valence-corrected chi connectivity index (χ3v) is 3.42. The van der Waals surface area contributed by atoms with Crippen molar-refractivity contribution in [2.75, 3.05) is 13.1 Å². The molecule has 110 valence electrons. The molecule has 1 fully saturated rings. The number of ether oxygens (including phenoxy) is 1. The Balaban J connectivity index is 1.99. The normalized spacial score (nSPS) is 22.7. The zero-order chi connectivity index (χ0) is 14.7. The number of amides is 1. The van der Waals surface area contributed by atoms with E-state index in [0.29, 0.717) is 13.1 Å². The molecule has 1 N–H and O–H groups in total. The van der Waals surface area contributed by atoms with Gasteiger partial charge in [0, 0.05) is 30.7 Å². The van der Waals surface area contributed by atoms with Crippen molar-refractivity contribution in [2.24, 2.45) is 0 Å². The minimum absolute atomic E-state index is 0.00334. The zero-order valence-electron chi connectivity index (χ0n) is 11.5. The molecule has 1 heterocycles. The Bertz CT molecular complexity index is 486. The molecule has 0 radical (unpaired) electrons. The maximum absolute atomic E-state index is 13.5. The van der Waals surface area contributed by atoms with Gasteiger partial charge in [0.05, 0.1) is 0 Å². The number of hydrogen-bond acceptors (Lipinski definition) is 3. The average Bonchev–Trinajstić information content (AvgIpc) is 2.40. The number of carbonyl (C=O) groups is 1. The summed E-state index contributed by atoms with van der Waals surface area (Å²) in [6, 6.07) is 3.82. The van der Waals surface area contributed by atoms with Gasteiger partial charge in [0.25, 0.3) is 0 Å². The van der Waals surface area contributed by atoms with Crippen molar-refractivity contribution in [1.29, 1.82) is 0 Å². The molecule has 1 amide bonds. The highest BCUT2D eigenvalue weighted by molar-refractivity contribution is 5.68. The van der Waals surface area contributed by atoms with Crippen LogP contribution in [0.5, 0.6) is 0 Å². The highest BCUT2D eigenvalue weighted by Crippen LogP contribution is 2.15. The summed E-state index contributed by atoms with van der Waals surface area (Å²) in [6.07, 6.45) is -0.504. The highest BCUT2D eigenvalue weighted by atomic mass is 19.2. The lowest BCUT2D eigenvalue weighted by molar-refractivity contribution is 0.0557. The summed E-state index contributed by atoms with van der Waals surface area (Å²) in [4.78, 5) is 13.7. The molecule has 20 heavy (non-hydrogen) atoms. The van der Waals surface area contributed by atoms with Crippen molar-refractivity contribution >= 4 is 6.09 Å². The molecule has 2 rings (SSSR count). The highest BCUT2D eigenvalue weighted by Gasteiger charge is 2.30. The van der Waals surface area contributed by atoms with Gasteiger partial charge in [0.1, 0.15) is 6.61 Å². The summed E-state index contributed by atoms with van der Waals surface area (Å²) in [5, 5.41) is 3.20. The van der Waals surface area contributed by atoms with Crippen LogP contribution in [-0.4, -0.2) is 36.2 Å². The van der Waals surface area contributed by atoms with Gasteiger partial charge >= 0.3 is 6.09 Å². The molecule has 1 aliphatic rings. The molecule has 0 spiro atoms. The minimum Gasteiger partial charge on any atom is -0.444 e. The molecular formula is C14H18F2N2O2. The van der Waals surface area contributed by atoms with E-state index >= 15 is 0 Å². The van der Waals surface area contributed by atoms with Crippen molar-refractivity contribution in [1.82, 2.24) is 10.2 Å². The Labute approximate surface area is 116 Å². The Morgan fingerprint density at radius 3 is 2.65 bits per heavy atom. The summed E-state index contributed by atoms with van der Waals surface area (Å²) in [6.45, 7) is 4.92. The Hall–Kier alpha value is -1.69. The number of nitrogens with zero attached hydrogens (tertiary/aromatic N) is 1. The van der Waals surface area contributed by atoms with Crippen LogP contribution < -0.4 is 5.32 Å². The van der Waals surface area contributed by atoms with E-state index in [0.717, 1.165) is 6.07 Å². The van der Waals surface area contributed by atoms with Gasteiger partial charge in [0.15, 0.2) is 11.6 Å². The molecule has 1 aromatic rings. The molecule has 0 aromatic heterocycles. The topological polar surface area (TPSA) is 41.6 Å². The van der Waals surface area contributed by atoms with E-state index in [4.69, 9.17) is 4.74 Å². The van der Waals surface area contributed by atoms with Gasteiger partial charge in [-0.25, -0.2) is 13.6 Å². The first-order valence-corrected chi connectivity index (χ1v) is 6.59. The number of piperazine rings is 1. The van der Waals surface area contributed by atoms with E-state index in [-0.39, 0.29) is 24.3 Å². The lowest BCUT2D eigenvalue weighted by Gasteiger charge is -2.38. The van der Waals surface area contributed by atoms with Crippen LogP contribution in [0.15, 0.2) is 18.2 Å². The molecule has 2 atom stereocenters. The van der Waals surface area contributed by atoms with E-state index in [1.807, 2.05) is 13.8 Å². The third-order valence-electron chi connectivity index (χ3n) is 3.42. The van der Waals surface area contributed by atoms with Crippen molar-refractivity contribution in [2.45, 2.75) is 32.5 Å². The predicted molar refractivity (Wildman–Crippen MR) is 70.2 cm³/mol. The largest absolute Gasteiger partial charge is 0.444 e. The molecule has 2 unspecified atom stereocenters. The zero-order valence-corrected chi connectivity index (χ0v) is 11.5. The Morgan fingerprint density at radius 2 is 2.00 bits per heavy atom. The standard InChI is InChI=1S/C14H18F2N2O2/c1-9-6-17-7-10(2)18(9)14(19)20-8-11-4-3-5-12(15)13(11)16/h3-5,9-10,17H,6-8H2,1-2H3. The number of hydrogen-bond donors (Lipinski definition) is 1. The third kappa shape index (κ3) is 3.07. The summed E-state index contributed by atoms with van der Waals surface area (Å²) in [7, 11) is 0. The molecule has 6 heteroatoms. The van der Waals surface area contributed by atoms with E-state index in [9.17, 15) is 13.6 Å². The summed E-state index contributed by atoms with van der Waals surface area (Å²) in [5.41, 5.74) is 0.0359. The van der Waals surface area contributed by atoms with E-state index in [2.05, 4.69) is 5.32 Å². The van der Waals surface area contributed by atoms with Crippen LogP contribution in [-0.2, 0) is 11.3 Å². The molecule has 0 aliphatic carbocycles. The number of halogens is 2. The van der Waals surface area contributed by atoms with Crippen molar-refractivity contribution in [3.8, 4) is 0 Å². The lowest BCUT2D eigenvalue weighted by atomic mass is 10.1. The first kappa shape index (κ1) is 14.7. The molecule has 4 nitrogen and oxygen atoms in total. The van der Waals surface area contributed by atoms with Crippen molar-refractivity contribution in [3.05, 3.63) is 35.4 Å². The molecular weight excluding hydrogens is 266 g/mol. The van der Waals surface area contributed by atoms with Gasteiger partial charge in [-0.15, -0.1) is 0 Å². The summed E-state index contributed by atoms with van der Waals surface area (Å²) >= 11 is 0. The molecule has 1 aliphatic heterocycles. The summed E-state index contributed by atoms with van der Waals surface area (Å²) < 4.78 is 31.6. The van der Waals surface area contributed by atoms with Crippen molar-refractivity contribution in [3.63, 3.8) is 0 Å². The molecule has 0 bridgehead atoms. The monoisotopic (exact) mass is 284 g/mol. The quantitative estimate of drug-likeness (QED) is 0.906. The van der Waals surface area contributed by atoms with Crippen LogP contribution in [0, 0.1) is 11.6 Å². The number of nitrogens with one attached hydrogen (secondary N) is 1. The first-order chi connectivity index (χ1) is 9.50. The predicted octanol–water partition coefficient (Wildman–Crippen LogP) is 2.28. The number of benzene rings is 1. The minimum atomic E-state index is -0.971. The fourth-order valence-corrected chi connectivity index (χ4v) is 2.37. The van der Waals surface area contributed by atoms with E-state index in [1.54, 1.807) is 4.90 Å². The van der Waals surface area contributed by atoms with E-state index < -0.39 is 17.7 Å². The number of rotatable bonds is 2. The van der Waals surface area contributed by atoms with Gasteiger partial charge in [-0.05, 0) is 19.9 Å². The average molecular weight is 284 g/mol. The molecule has 0 saturated carbocycles. The lowest BCUT2D eigenvalue weighted by Crippen LogP contribution is -2.57.